The predicted molar refractivity (Wildman–Crippen MR) is 197 cm³/mol. The molecule has 0 atom stereocenters. The minimum atomic E-state index is -0.612. The maximum atomic E-state index is 13.6. The van der Waals surface area contributed by atoms with Crippen LogP contribution in [0.2, 0.25) is 0 Å². The number of hydrogen-bond acceptors (Lipinski definition) is 7. The number of nitrogens with zero attached hydrogens (tertiary/aromatic N) is 4. The van der Waals surface area contributed by atoms with Crippen molar-refractivity contribution in [1.82, 2.24) is 19.2 Å². The fraction of sp³-hybridized carbons (Fsp3) is 0.488. The van der Waals surface area contributed by atoms with Crippen molar-refractivity contribution in [1.29, 1.82) is 0 Å². The molecule has 0 N–H and O–H groups in total. The van der Waals surface area contributed by atoms with Crippen molar-refractivity contribution in [2.75, 3.05) is 33.9 Å². The lowest BCUT2D eigenvalue weighted by molar-refractivity contribution is 0.00693. The Kier molecular flexibility index (Phi) is 9.37. The lowest BCUT2D eigenvalue weighted by Crippen LogP contribution is -2.32. The van der Waals surface area contributed by atoms with Crippen LogP contribution in [0, 0.1) is 0 Å². The minimum absolute atomic E-state index is 0.149. The van der Waals surface area contributed by atoms with Crippen molar-refractivity contribution < 1.29 is 23.8 Å². The molecule has 2 fully saturated rings. The van der Waals surface area contributed by atoms with Gasteiger partial charge in [-0.25, -0.2) is 9.59 Å². The number of aromatic nitrogens is 3. The van der Waals surface area contributed by atoms with Crippen molar-refractivity contribution in [3.8, 4) is 17.0 Å². The first kappa shape index (κ1) is 34.1. The molecule has 3 aliphatic rings. The number of allylic oxidation sites excluding steroid dienone is 1. The first-order valence-corrected chi connectivity index (χ1v) is 18.3. The Bertz CT molecular complexity index is 1950. The highest BCUT2D eigenvalue weighted by Crippen LogP contribution is 2.48. The third-order valence-electron chi connectivity index (χ3n) is 10.6. The molecule has 9 nitrogen and oxygen atoms in total. The van der Waals surface area contributed by atoms with Crippen LogP contribution >= 0.6 is 0 Å². The molecule has 1 aliphatic carbocycles. The van der Waals surface area contributed by atoms with Gasteiger partial charge in [0.1, 0.15) is 16.9 Å². The summed E-state index contributed by atoms with van der Waals surface area (Å²) in [5.41, 5.74) is 7.78. The van der Waals surface area contributed by atoms with Gasteiger partial charge in [0, 0.05) is 16.5 Å². The SMILES string of the molecule is CCOC(=O)c1cnn(C2CCN(C)CC2)c1C1=Cc2cc(OC)ccc2-c2c(C3CCCCC3)c3ccc(C(=O)OC(C)(C)C)cc3n2C1. The summed E-state index contributed by atoms with van der Waals surface area (Å²) < 4.78 is 21.7. The highest BCUT2D eigenvalue weighted by Gasteiger charge is 2.33. The standard InChI is InChI=1S/C41H50N4O5/c1-7-49-40(47)34-24-42-45(30-17-19-43(5)20-18-30)37(34)29-21-28-22-31(48-6)14-16-32(28)38-36(26-11-9-8-10-12-26)33-15-13-27(23-35(33)44(38)25-29)39(46)50-41(2,3)4/h13-16,21-24,26,30H,7-12,17-20,25H2,1-6H3. The van der Waals surface area contributed by atoms with Crippen LogP contribution in [-0.2, 0) is 16.0 Å². The Morgan fingerprint density at radius 3 is 2.40 bits per heavy atom. The number of esters is 2. The van der Waals surface area contributed by atoms with Crippen molar-refractivity contribution in [3.05, 3.63) is 70.5 Å². The number of benzene rings is 2. The number of hydrogen-bond donors (Lipinski definition) is 0. The van der Waals surface area contributed by atoms with E-state index in [0.29, 0.717) is 23.6 Å². The van der Waals surface area contributed by atoms with E-state index in [1.807, 2.05) is 45.9 Å². The third-order valence-corrected chi connectivity index (χ3v) is 10.6. The molecule has 2 aromatic heterocycles. The van der Waals surface area contributed by atoms with Gasteiger partial charge in [-0.05, 0) is 133 Å². The van der Waals surface area contributed by atoms with Gasteiger partial charge in [-0.1, -0.05) is 25.3 Å². The Morgan fingerprint density at radius 1 is 0.940 bits per heavy atom. The first-order chi connectivity index (χ1) is 24.1. The zero-order chi connectivity index (χ0) is 35.2. The summed E-state index contributed by atoms with van der Waals surface area (Å²) in [5, 5.41) is 6.06. The van der Waals surface area contributed by atoms with Crippen LogP contribution in [0.4, 0.5) is 0 Å². The molecule has 50 heavy (non-hydrogen) atoms. The van der Waals surface area contributed by atoms with E-state index in [0.717, 1.165) is 77.8 Å². The molecule has 1 saturated heterocycles. The number of likely N-dealkylation sites (tertiary alicyclic amines) is 1. The monoisotopic (exact) mass is 678 g/mol. The van der Waals surface area contributed by atoms with E-state index in [1.165, 1.54) is 30.5 Å². The summed E-state index contributed by atoms with van der Waals surface area (Å²) >= 11 is 0. The zero-order valence-electron chi connectivity index (χ0n) is 30.4. The van der Waals surface area contributed by atoms with E-state index in [2.05, 4.69) is 45.5 Å². The second-order valence-electron chi connectivity index (χ2n) is 15.1. The van der Waals surface area contributed by atoms with E-state index < -0.39 is 5.60 Å². The summed E-state index contributed by atoms with van der Waals surface area (Å²) in [4.78, 5) is 29.4. The Labute approximate surface area is 295 Å². The van der Waals surface area contributed by atoms with Gasteiger partial charge in [-0.15, -0.1) is 0 Å². The smallest absolute Gasteiger partial charge is 0.341 e. The minimum Gasteiger partial charge on any atom is -0.497 e. The molecule has 1 saturated carbocycles. The van der Waals surface area contributed by atoms with Gasteiger partial charge >= 0.3 is 11.9 Å². The van der Waals surface area contributed by atoms with Gasteiger partial charge < -0.3 is 23.7 Å². The normalized spacial score (nSPS) is 17.5. The summed E-state index contributed by atoms with van der Waals surface area (Å²) in [5.74, 6) is 0.454. The molecule has 4 aromatic rings. The van der Waals surface area contributed by atoms with Crippen molar-refractivity contribution in [2.45, 2.75) is 96.7 Å². The molecule has 2 aliphatic heterocycles. The quantitative estimate of drug-likeness (QED) is 0.181. The van der Waals surface area contributed by atoms with Crippen molar-refractivity contribution in [3.63, 3.8) is 0 Å². The van der Waals surface area contributed by atoms with Crippen LogP contribution < -0.4 is 4.74 Å². The molecule has 0 amide bonds. The van der Waals surface area contributed by atoms with Crippen molar-refractivity contribution >= 4 is 34.5 Å². The van der Waals surface area contributed by atoms with Gasteiger partial charge in [0.05, 0.1) is 49.5 Å². The number of rotatable bonds is 7. The molecule has 7 rings (SSSR count). The Hall–Kier alpha value is -4.37. The Morgan fingerprint density at radius 2 is 1.70 bits per heavy atom. The number of carbonyl (C=O) groups excluding carboxylic acids is 2. The van der Waals surface area contributed by atoms with Gasteiger partial charge in [0.25, 0.3) is 0 Å². The van der Waals surface area contributed by atoms with Gasteiger partial charge in [0.2, 0.25) is 0 Å². The number of piperidine rings is 1. The summed E-state index contributed by atoms with van der Waals surface area (Å²) in [6.07, 6.45) is 11.7. The van der Waals surface area contributed by atoms with Crippen LogP contribution in [0.3, 0.4) is 0 Å². The number of ether oxygens (including phenoxy) is 3. The van der Waals surface area contributed by atoms with Crippen LogP contribution in [-0.4, -0.2) is 70.6 Å². The third kappa shape index (κ3) is 6.48. The lowest BCUT2D eigenvalue weighted by Gasteiger charge is -2.30. The molecule has 264 valence electrons. The second kappa shape index (κ2) is 13.7. The molecule has 2 aromatic carbocycles. The largest absolute Gasteiger partial charge is 0.497 e. The highest BCUT2D eigenvalue weighted by atomic mass is 16.6. The average Bonchev–Trinajstić information content (AvgIpc) is 3.63. The lowest BCUT2D eigenvalue weighted by atomic mass is 9.81. The molecule has 0 spiro atoms. The molecule has 0 unspecified atom stereocenters. The summed E-state index contributed by atoms with van der Waals surface area (Å²) in [7, 11) is 3.84. The van der Waals surface area contributed by atoms with Crippen LogP contribution in [0.15, 0.2) is 42.6 Å². The van der Waals surface area contributed by atoms with E-state index in [1.54, 1.807) is 13.3 Å². The number of fused-ring (bicyclic) bond motifs is 5. The molecular weight excluding hydrogens is 628 g/mol. The fourth-order valence-corrected chi connectivity index (χ4v) is 8.21. The average molecular weight is 679 g/mol. The van der Waals surface area contributed by atoms with Gasteiger partial charge in [-0.2, -0.15) is 5.10 Å². The van der Waals surface area contributed by atoms with Crippen molar-refractivity contribution in [2.24, 2.45) is 0 Å². The molecular formula is C41H50N4O5. The topological polar surface area (TPSA) is 87.8 Å². The maximum Gasteiger partial charge on any atom is 0.341 e. The summed E-state index contributed by atoms with van der Waals surface area (Å²) in [6, 6.07) is 12.5. The molecule has 0 bridgehead atoms. The zero-order valence-corrected chi connectivity index (χ0v) is 30.4. The van der Waals surface area contributed by atoms with Gasteiger partial charge in [-0.3, -0.25) is 4.68 Å². The van der Waals surface area contributed by atoms with Crippen LogP contribution in [0.1, 0.15) is 122 Å². The summed E-state index contributed by atoms with van der Waals surface area (Å²) in [6.45, 7) is 10.2. The van der Waals surface area contributed by atoms with E-state index >= 15 is 0 Å². The fourth-order valence-electron chi connectivity index (χ4n) is 8.21. The van der Waals surface area contributed by atoms with Crippen LogP contribution in [0.25, 0.3) is 33.8 Å². The Balaban J connectivity index is 1.49. The highest BCUT2D eigenvalue weighted by molar-refractivity contribution is 6.03. The van der Waals surface area contributed by atoms with Gasteiger partial charge in [0.15, 0.2) is 0 Å². The predicted octanol–water partition coefficient (Wildman–Crippen LogP) is 8.51. The number of methoxy groups -OCH3 is 1. The second-order valence-corrected chi connectivity index (χ2v) is 15.1. The number of carbonyl (C=O) groups is 2. The van der Waals surface area contributed by atoms with E-state index in [9.17, 15) is 9.59 Å². The molecule has 4 heterocycles. The van der Waals surface area contributed by atoms with E-state index in [-0.39, 0.29) is 24.6 Å². The van der Waals surface area contributed by atoms with E-state index in [4.69, 9.17) is 19.3 Å². The van der Waals surface area contributed by atoms with Crippen LogP contribution in [0.5, 0.6) is 5.75 Å². The molecule has 9 heteroatoms. The molecule has 0 radical (unpaired) electrons. The first-order valence-electron chi connectivity index (χ1n) is 18.3. The maximum absolute atomic E-state index is 13.6.